The monoisotopic (exact) mass is 288 g/mol. The van der Waals surface area contributed by atoms with Gasteiger partial charge in [0.15, 0.2) is 5.69 Å². The van der Waals surface area contributed by atoms with Gasteiger partial charge in [0.2, 0.25) is 0 Å². The van der Waals surface area contributed by atoms with Gasteiger partial charge in [-0.3, -0.25) is 4.79 Å². The number of aromatic nitrogens is 1. The molecule has 106 valence electrons. The molecule has 0 bridgehead atoms. The predicted molar refractivity (Wildman–Crippen MR) is 72.7 cm³/mol. The molecule has 1 aliphatic heterocycles. The molecule has 1 aromatic heterocycles. The fourth-order valence-electron chi connectivity index (χ4n) is 2.19. The fraction of sp³-hybridized carbons (Fsp3) is 0.545. The van der Waals surface area contributed by atoms with Crippen LogP contribution in [0.4, 0.5) is 5.82 Å². The number of piperazine rings is 1. The maximum Gasteiger partial charge on any atom is 0.323 e. The Balaban J connectivity index is 0.00000180. The first kappa shape index (κ1) is 15.5. The lowest BCUT2D eigenvalue weighted by Gasteiger charge is -2.33. The number of carbonyl (C=O) groups is 1. The second-order valence-electron chi connectivity index (χ2n) is 4.44. The van der Waals surface area contributed by atoms with E-state index in [0.717, 1.165) is 13.1 Å². The smallest absolute Gasteiger partial charge is 0.323 e. The van der Waals surface area contributed by atoms with E-state index in [-0.39, 0.29) is 30.2 Å². The van der Waals surface area contributed by atoms with E-state index in [4.69, 9.17) is 0 Å². The van der Waals surface area contributed by atoms with E-state index in [2.05, 4.69) is 5.32 Å². The number of amides is 1. The number of halogens is 1. The van der Waals surface area contributed by atoms with Crippen LogP contribution in [0.2, 0.25) is 0 Å². The normalized spacial score (nSPS) is 18.8. The molecular formula is C11H17ClN4O3. The highest BCUT2D eigenvalue weighted by molar-refractivity contribution is 5.93. The molecule has 0 unspecified atom stereocenters. The molecule has 2 heterocycles. The van der Waals surface area contributed by atoms with Gasteiger partial charge < -0.3 is 20.3 Å². The highest BCUT2D eigenvalue weighted by atomic mass is 35.5. The third-order valence-electron chi connectivity index (χ3n) is 3.26. The van der Waals surface area contributed by atoms with Crippen molar-refractivity contribution in [2.24, 2.45) is 7.05 Å². The third kappa shape index (κ3) is 2.87. The van der Waals surface area contributed by atoms with Crippen LogP contribution in [-0.4, -0.2) is 46.0 Å². The molecule has 2 rings (SSSR count). The Bertz CT molecular complexity index is 488. The zero-order chi connectivity index (χ0) is 13.3. The van der Waals surface area contributed by atoms with Gasteiger partial charge in [0.05, 0.1) is 7.05 Å². The van der Waals surface area contributed by atoms with Gasteiger partial charge in [0.1, 0.15) is 0 Å². The SMILES string of the molecule is C[C@H]1CNCCN1C(=O)c1ccc([N+](=O)[O-])n1C.Cl. The summed E-state index contributed by atoms with van der Waals surface area (Å²) in [5.41, 5.74) is 0.357. The van der Waals surface area contributed by atoms with Crippen LogP contribution in [0.1, 0.15) is 17.4 Å². The van der Waals surface area contributed by atoms with Crippen molar-refractivity contribution in [2.45, 2.75) is 13.0 Å². The molecule has 8 heteroatoms. The van der Waals surface area contributed by atoms with Gasteiger partial charge in [0.25, 0.3) is 5.91 Å². The Labute approximate surface area is 117 Å². The maximum atomic E-state index is 12.3. The number of hydrogen-bond donors (Lipinski definition) is 1. The fourth-order valence-corrected chi connectivity index (χ4v) is 2.19. The molecule has 0 saturated carbocycles. The van der Waals surface area contributed by atoms with Crippen molar-refractivity contribution in [2.75, 3.05) is 19.6 Å². The third-order valence-corrected chi connectivity index (χ3v) is 3.26. The van der Waals surface area contributed by atoms with Crippen LogP contribution < -0.4 is 5.32 Å². The standard InChI is InChI=1S/C11H16N4O3.ClH/c1-8-7-12-5-6-14(8)11(16)9-3-4-10(13(9)2)15(17)18;/h3-4,8,12H,5-7H2,1-2H3;1H/t8-;/m0./s1. The van der Waals surface area contributed by atoms with Crippen molar-refractivity contribution in [1.82, 2.24) is 14.8 Å². The van der Waals surface area contributed by atoms with Gasteiger partial charge in [-0.1, -0.05) is 0 Å². The molecule has 1 atom stereocenters. The lowest BCUT2D eigenvalue weighted by Crippen LogP contribution is -2.52. The highest BCUT2D eigenvalue weighted by Gasteiger charge is 2.29. The Morgan fingerprint density at radius 1 is 1.53 bits per heavy atom. The molecule has 0 radical (unpaired) electrons. The van der Waals surface area contributed by atoms with Crippen LogP contribution in [0.3, 0.4) is 0 Å². The lowest BCUT2D eigenvalue weighted by molar-refractivity contribution is -0.391. The molecule has 1 fully saturated rings. The minimum atomic E-state index is -0.488. The Morgan fingerprint density at radius 2 is 2.21 bits per heavy atom. The van der Waals surface area contributed by atoms with Crippen LogP contribution in [0.15, 0.2) is 12.1 Å². The van der Waals surface area contributed by atoms with Crippen molar-refractivity contribution in [3.63, 3.8) is 0 Å². The van der Waals surface area contributed by atoms with Gasteiger partial charge >= 0.3 is 5.82 Å². The molecule has 7 nitrogen and oxygen atoms in total. The first-order chi connectivity index (χ1) is 8.52. The Morgan fingerprint density at radius 3 is 2.74 bits per heavy atom. The van der Waals surface area contributed by atoms with Crippen molar-refractivity contribution >= 4 is 24.1 Å². The molecule has 0 aliphatic carbocycles. The molecule has 19 heavy (non-hydrogen) atoms. The minimum Gasteiger partial charge on any atom is -0.358 e. The number of nitro groups is 1. The summed E-state index contributed by atoms with van der Waals surface area (Å²) >= 11 is 0. The first-order valence-corrected chi connectivity index (χ1v) is 5.84. The minimum absolute atomic E-state index is 0. The molecule has 1 saturated heterocycles. The van der Waals surface area contributed by atoms with Gasteiger partial charge in [-0.15, -0.1) is 12.4 Å². The molecule has 1 aliphatic rings. The van der Waals surface area contributed by atoms with Gasteiger partial charge in [-0.05, 0) is 17.9 Å². The predicted octanol–water partition coefficient (Wildman–Crippen LogP) is 0.789. The van der Waals surface area contributed by atoms with E-state index in [1.54, 1.807) is 4.90 Å². The van der Waals surface area contributed by atoms with Crippen molar-refractivity contribution < 1.29 is 9.72 Å². The highest BCUT2D eigenvalue weighted by Crippen LogP contribution is 2.18. The summed E-state index contributed by atoms with van der Waals surface area (Å²) in [5, 5.41) is 13.9. The van der Waals surface area contributed by atoms with E-state index in [0.29, 0.717) is 12.2 Å². The number of carbonyl (C=O) groups excluding carboxylic acids is 1. The average molecular weight is 289 g/mol. The largest absolute Gasteiger partial charge is 0.358 e. The quantitative estimate of drug-likeness (QED) is 0.644. The molecular weight excluding hydrogens is 272 g/mol. The summed E-state index contributed by atoms with van der Waals surface area (Å²) in [6, 6.07) is 2.97. The summed E-state index contributed by atoms with van der Waals surface area (Å²) in [6.45, 7) is 4.08. The van der Waals surface area contributed by atoms with Crippen LogP contribution in [0.25, 0.3) is 0 Å². The molecule has 0 aromatic carbocycles. The Kier molecular flexibility index (Phi) is 4.90. The molecule has 1 N–H and O–H groups in total. The van der Waals surface area contributed by atoms with E-state index in [1.165, 1.54) is 23.7 Å². The summed E-state index contributed by atoms with van der Waals surface area (Å²) in [4.78, 5) is 24.3. The van der Waals surface area contributed by atoms with Crippen molar-refractivity contribution in [1.29, 1.82) is 0 Å². The van der Waals surface area contributed by atoms with Crippen LogP contribution in [0.5, 0.6) is 0 Å². The lowest BCUT2D eigenvalue weighted by atomic mass is 10.2. The number of rotatable bonds is 2. The second kappa shape index (κ2) is 6.03. The number of nitrogens with one attached hydrogen (secondary N) is 1. The van der Waals surface area contributed by atoms with Crippen LogP contribution >= 0.6 is 12.4 Å². The van der Waals surface area contributed by atoms with Gasteiger partial charge in [-0.25, -0.2) is 4.57 Å². The van der Waals surface area contributed by atoms with E-state index < -0.39 is 4.92 Å². The number of nitrogens with zero attached hydrogens (tertiary/aromatic N) is 3. The van der Waals surface area contributed by atoms with Crippen molar-refractivity contribution in [3.8, 4) is 0 Å². The second-order valence-corrected chi connectivity index (χ2v) is 4.44. The van der Waals surface area contributed by atoms with Gasteiger partial charge in [-0.2, -0.15) is 0 Å². The van der Waals surface area contributed by atoms with E-state index >= 15 is 0 Å². The van der Waals surface area contributed by atoms with Crippen molar-refractivity contribution in [3.05, 3.63) is 27.9 Å². The van der Waals surface area contributed by atoms with Crippen LogP contribution in [0, 0.1) is 10.1 Å². The molecule has 0 spiro atoms. The number of hydrogen-bond acceptors (Lipinski definition) is 4. The zero-order valence-corrected chi connectivity index (χ0v) is 11.6. The average Bonchev–Trinajstić information content (AvgIpc) is 2.71. The summed E-state index contributed by atoms with van der Waals surface area (Å²) < 4.78 is 1.33. The Hall–Kier alpha value is -1.60. The van der Waals surface area contributed by atoms with Gasteiger partial charge in [0, 0.05) is 31.7 Å². The summed E-state index contributed by atoms with van der Waals surface area (Å²) in [5.74, 6) is -0.222. The molecule has 1 amide bonds. The zero-order valence-electron chi connectivity index (χ0n) is 10.8. The topological polar surface area (TPSA) is 80.4 Å². The summed E-state index contributed by atoms with van der Waals surface area (Å²) in [7, 11) is 1.54. The summed E-state index contributed by atoms with van der Waals surface area (Å²) in [6.07, 6.45) is 0. The van der Waals surface area contributed by atoms with E-state index in [1.807, 2.05) is 6.92 Å². The molecule has 1 aromatic rings. The van der Waals surface area contributed by atoms with Crippen LogP contribution in [-0.2, 0) is 7.05 Å². The van der Waals surface area contributed by atoms with E-state index in [9.17, 15) is 14.9 Å². The first-order valence-electron chi connectivity index (χ1n) is 5.84. The maximum absolute atomic E-state index is 12.3.